The van der Waals surface area contributed by atoms with Gasteiger partial charge in [-0.3, -0.25) is 24.3 Å². The van der Waals surface area contributed by atoms with Crippen molar-refractivity contribution >= 4 is 46.7 Å². The van der Waals surface area contributed by atoms with Crippen LogP contribution in [-0.4, -0.2) is 45.8 Å². The number of hydrogen-bond acceptors (Lipinski definition) is 6. The van der Waals surface area contributed by atoms with Crippen LogP contribution in [-0.2, 0) is 4.79 Å². The molecule has 0 unspecified atom stereocenters. The molecule has 150 valence electrons. The van der Waals surface area contributed by atoms with Crippen molar-refractivity contribution in [2.75, 3.05) is 13.1 Å². The number of alkyl halides is 2. The number of rotatable bonds is 7. The molecule has 1 saturated heterocycles. The number of pyridine rings is 1. The molecule has 1 fully saturated rings. The van der Waals surface area contributed by atoms with Crippen molar-refractivity contribution in [1.82, 2.24) is 15.2 Å². The highest BCUT2D eigenvalue weighted by molar-refractivity contribution is 8.18. The summed E-state index contributed by atoms with van der Waals surface area (Å²) in [5.74, 6) is -3.65. The molecule has 6 nitrogen and oxygen atoms in total. The first kappa shape index (κ1) is 21.0. The monoisotopic (exact) mass is 435 g/mol. The maximum absolute atomic E-state index is 12.6. The second-order valence-corrected chi connectivity index (χ2v) is 7.78. The van der Waals surface area contributed by atoms with Gasteiger partial charge >= 0.3 is 0 Å². The molecule has 3 rings (SSSR count). The molecule has 1 aromatic heterocycles. The van der Waals surface area contributed by atoms with Gasteiger partial charge in [0.15, 0.2) is 0 Å². The topological polar surface area (TPSA) is 79.4 Å². The minimum absolute atomic E-state index is 0.00469. The summed E-state index contributed by atoms with van der Waals surface area (Å²) in [5.41, 5.74) is 0.808. The number of carbonyl (C=O) groups excluding carboxylic acids is 3. The number of carbonyl (C=O) groups is 3. The lowest BCUT2D eigenvalue weighted by atomic mass is 10.2. The molecule has 3 amide bonds. The van der Waals surface area contributed by atoms with Gasteiger partial charge in [-0.25, -0.2) is 0 Å². The van der Waals surface area contributed by atoms with Crippen molar-refractivity contribution < 1.29 is 23.2 Å². The quantitative estimate of drug-likeness (QED) is 0.526. The van der Waals surface area contributed by atoms with Gasteiger partial charge in [0.05, 0.1) is 10.5 Å². The molecule has 2 aromatic rings. The Morgan fingerprint density at radius 3 is 2.76 bits per heavy atom. The van der Waals surface area contributed by atoms with E-state index in [0.29, 0.717) is 5.56 Å². The summed E-state index contributed by atoms with van der Waals surface area (Å²) in [7, 11) is 0. The van der Waals surface area contributed by atoms with E-state index in [2.05, 4.69) is 10.3 Å². The van der Waals surface area contributed by atoms with Gasteiger partial charge in [0.2, 0.25) is 0 Å². The summed E-state index contributed by atoms with van der Waals surface area (Å²) >= 11 is 1.10. The summed E-state index contributed by atoms with van der Waals surface area (Å²) in [5, 5.41) is 2.13. The van der Waals surface area contributed by atoms with E-state index in [1.54, 1.807) is 42.7 Å². The molecule has 1 aliphatic rings. The van der Waals surface area contributed by atoms with E-state index in [1.165, 1.54) is 12.1 Å². The smallest absolute Gasteiger partial charge is 0.293 e. The first-order valence-corrected chi connectivity index (χ1v) is 10.1. The number of thioether (sulfide) groups is 2. The lowest BCUT2D eigenvalue weighted by Gasteiger charge is -2.14. The molecule has 10 heteroatoms. The van der Waals surface area contributed by atoms with Gasteiger partial charge in [-0.05, 0) is 41.6 Å². The van der Waals surface area contributed by atoms with Crippen LogP contribution in [0.1, 0.15) is 15.9 Å². The van der Waals surface area contributed by atoms with Crippen LogP contribution in [0, 0.1) is 0 Å². The van der Waals surface area contributed by atoms with Crippen molar-refractivity contribution in [1.29, 1.82) is 0 Å². The highest BCUT2D eigenvalue weighted by Crippen LogP contribution is 2.32. The predicted octanol–water partition coefficient (Wildman–Crippen LogP) is 3.86. The Bertz CT molecular complexity index is 955. The standard InChI is InChI=1S/C19H15F2N3O3S2/c20-18(21)28-14-6-2-1-5-13(14)16(25)23-8-9-24-17(26)15(29-19(24)27)10-12-4-3-7-22-11-12/h1-7,10-11,18H,8-9H2,(H,23,25). The van der Waals surface area contributed by atoms with Gasteiger partial charge in [0, 0.05) is 30.4 Å². The average molecular weight is 435 g/mol. The zero-order valence-electron chi connectivity index (χ0n) is 14.9. The highest BCUT2D eigenvalue weighted by atomic mass is 32.2. The van der Waals surface area contributed by atoms with Gasteiger partial charge in [-0.15, -0.1) is 0 Å². The van der Waals surface area contributed by atoms with Gasteiger partial charge in [0.25, 0.3) is 22.8 Å². The first-order chi connectivity index (χ1) is 14.0. The van der Waals surface area contributed by atoms with E-state index in [4.69, 9.17) is 0 Å². The van der Waals surface area contributed by atoms with E-state index < -0.39 is 22.8 Å². The van der Waals surface area contributed by atoms with Crippen LogP contribution < -0.4 is 5.32 Å². The van der Waals surface area contributed by atoms with Crippen molar-refractivity contribution in [3.63, 3.8) is 0 Å². The molecular formula is C19H15F2N3O3S2. The molecule has 0 bridgehead atoms. The zero-order valence-corrected chi connectivity index (χ0v) is 16.5. The summed E-state index contributed by atoms with van der Waals surface area (Å²) in [6.45, 7) is -0.0182. The maximum atomic E-state index is 12.6. The molecule has 0 atom stereocenters. The fraction of sp³-hybridized carbons (Fsp3) is 0.158. The van der Waals surface area contributed by atoms with Crippen molar-refractivity contribution in [2.45, 2.75) is 10.7 Å². The molecule has 0 saturated carbocycles. The summed E-state index contributed by atoms with van der Waals surface area (Å²) in [6, 6.07) is 9.49. The number of amides is 3. The minimum Gasteiger partial charge on any atom is -0.350 e. The maximum Gasteiger partial charge on any atom is 0.293 e. The van der Waals surface area contributed by atoms with E-state index in [9.17, 15) is 23.2 Å². The fourth-order valence-electron chi connectivity index (χ4n) is 2.53. The van der Waals surface area contributed by atoms with E-state index >= 15 is 0 Å². The predicted molar refractivity (Wildman–Crippen MR) is 108 cm³/mol. The molecule has 1 aliphatic heterocycles. The van der Waals surface area contributed by atoms with Gasteiger partial charge in [-0.1, -0.05) is 30.0 Å². The number of hydrogen-bond donors (Lipinski definition) is 1. The average Bonchev–Trinajstić information content (AvgIpc) is 2.96. The van der Waals surface area contributed by atoms with Crippen molar-refractivity contribution in [3.05, 3.63) is 64.8 Å². The van der Waals surface area contributed by atoms with Gasteiger partial charge in [-0.2, -0.15) is 8.78 Å². The van der Waals surface area contributed by atoms with Crippen LogP contribution in [0.15, 0.2) is 58.6 Å². The molecule has 0 spiro atoms. The summed E-state index contributed by atoms with van der Waals surface area (Å²) in [4.78, 5) is 42.3. The zero-order chi connectivity index (χ0) is 20.8. The third-order valence-corrected chi connectivity index (χ3v) is 5.52. The lowest BCUT2D eigenvalue weighted by Crippen LogP contribution is -2.37. The summed E-state index contributed by atoms with van der Waals surface area (Å²) in [6.07, 6.45) is 4.75. The second-order valence-electron chi connectivity index (χ2n) is 5.75. The normalized spacial score (nSPS) is 15.4. The molecular weight excluding hydrogens is 420 g/mol. The number of benzene rings is 1. The highest BCUT2D eigenvalue weighted by Gasteiger charge is 2.34. The molecule has 1 aromatic carbocycles. The molecule has 29 heavy (non-hydrogen) atoms. The number of nitrogens with zero attached hydrogens (tertiary/aromatic N) is 2. The molecule has 1 N–H and O–H groups in total. The summed E-state index contributed by atoms with van der Waals surface area (Å²) < 4.78 is 25.3. The Balaban J connectivity index is 1.59. The SMILES string of the molecule is O=C(NCCN1C(=O)SC(=Cc2cccnc2)C1=O)c1ccccc1SC(F)F. The largest absolute Gasteiger partial charge is 0.350 e. The van der Waals surface area contributed by atoms with E-state index in [0.717, 1.165) is 16.7 Å². The lowest BCUT2D eigenvalue weighted by molar-refractivity contribution is -0.122. The van der Waals surface area contributed by atoms with Crippen LogP contribution >= 0.6 is 23.5 Å². The van der Waals surface area contributed by atoms with Crippen molar-refractivity contribution in [3.8, 4) is 0 Å². The minimum atomic E-state index is -2.65. The third-order valence-electron chi connectivity index (χ3n) is 3.82. The molecule has 0 aliphatic carbocycles. The second kappa shape index (κ2) is 9.66. The van der Waals surface area contributed by atoms with Crippen LogP contribution in [0.5, 0.6) is 0 Å². The Hall–Kier alpha value is -2.72. The fourth-order valence-corrected chi connectivity index (χ4v) is 4.04. The Morgan fingerprint density at radius 2 is 2.03 bits per heavy atom. The van der Waals surface area contributed by atoms with Gasteiger partial charge in [0.1, 0.15) is 0 Å². The molecule has 2 heterocycles. The number of nitrogens with one attached hydrogen (secondary N) is 1. The Kier molecular flexibility index (Phi) is 6.99. The van der Waals surface area contributed by atoms with Crippen LogP contribution in [0.2, 0.25) is 0 Å². The van der Waals surface area contributed by atoms with Crippen LogP contribution in [0.4, 0.5) is 13.6 Å². The van der Waals surface area contributed by atoms with E-state index in [1.807, 2.05) is 0 Å². The molecule has 0 radical (unpaired) electrons. The van der Waals surface area contributed by atoms with E-state index in [-0.39, 0.29) is 40.2 Å². The van der Waals surface area contributed by atoms with Crippen molar-refractivity contribution in [2.24, 2.45) is 0 Å². The van der Waals surface area contributed by atoms with Gasteiger partial charge < -0.3 is 5.32 Å². The Labute approximate surface area is 173 Å². The first-order valence-electron chi connectivity index (χ1n) is 8.43. The third kappa shape index (κ3) is 5.42. The number of imide groups is 1. The number of aromatic nitrogens is 1. The van der Waals surface area contributed by atoms with Crippen LogP contribution in [0.3, 0.4) is 0 Å². The van der Waals surface area contributed by atoms with Crippen LogP contribution in [0.25, 0.3) is 6.08 Å². The Morgan fingerprint density at radius 1 is 1.24 bits per heavy atom. The number of halogens is 2.